The van der Waals surface area contributed by atoms with E-state index in [9.17, 15) is 4.79 Å². The second kappa shape index (κ2) is 6.71. The summed E-state index contributed by atoms with van der Waals surface area (Å²) in [6.07, 6.45) is 4.36. The second-order valence-electron chi connectivity index (χ2n) is 5.49. The van der Waals surface area contributed by atoms with Gasteiger partial charge in [-0.1, -0.05) is 0 Å². The largest absolute Gasteiger partial charge is 0.472 e. The van der Waals surface area contributed by atoms with E-state index in [1.165, 1.54) is 0 Å². The average molecular weight is 294 g/mol. The number of anilines is 1. The van der Waals surface area contributed by atoms with Gasteiger partial charge in [0.1, 0.15) is 0 Å². The van der Waals surface area contributed by atoms with Crippen LogP contribution in [-0.2, 0) is 9.53 Å². The van der Waals surface area contributed by atoms with Crippen molar-refractivity contribution < 1.29 is 14.3 Å². The van der Waals surface area contributed by atoms with Gasteiger partial charge in [0.05, 0.1) is 11.5 Å². The zero-order valence-corrected chi connectivity index (χ0v) is 12.5. The van der Waals surface area contributed by atoms with Gasteiger partial charge in [-0.05, 0) is 26.7 Å². The van der Waals surface area contributed by atoms with Crippen molar-refractivity contribution in [2.75, 3.05) is 25.1 Å². The van der Waals surface area contributed by atoms with Crippen LogP contribution in [0.2, 0.25) is 0 Å². The van der Waals surface area contributed by atoms with E-state index in [2.05, 4.69) is 15.3 Å². The summed E-state index contributed by atoms with van der Waals surface area (Å²) in [4.78, 5) is 20.2. The standard InChI is InChI=1S/C14H22N4O3/c1-10(2)21-12-11(16-5-6-17-12)18-9-14(13(15)19)3-7-20-8-4-14/h5-6,10H,3-4,7-9H2,1-2H3,(H2,15,19)(H,16,18). The number of nitrogens with zero attached hydrogens (tertiary/aromatic N) is 2. The first-order valence-electron chi connectivity index (χ1n) is 7.13. The zero-order chi connectivity index (χ0) is 15.3. The summed E-state index contributed by atoms with van der Waals surface area (Å²) in [6, 6.07) is 0. The van der Waals surface area contributed by atoms with Gasteiger partial charge in [-0.25, -0.2) is 9.97 Å². The number of carbonyl (C=O) groups is 1. The molecule has 1 amide bonds. The highest BCUT2D eigenvalue weighted by atomic mass is 16.5. The van der Waals surface area contributed by atoms with Gasteiger partial charge in [-0.3, -0.25) is 4.79 Å². The predicted molar refractivity (Wildman–Crippen MR) is 78.0 cm³/mol. The monoisotopic (exact) mass is 294 g/mol. The van der Waals surface area contributed by atoms with Gasteiger partial charge >= 0.3 is 0 Å². The number of hydrogen-bond acceptors (Lipinski definition) is 6. The smallest absolute Gasteiger partial charge is 0.257 e. The summed E-state index contributed by atoms with van der Waals surface area (Å²) in [5.41, 5.74) is 4.98. The van der Waals surface area contributed by atoms with Crippen LogP contribution in [0.3, 0.4) is 0 Å². The van der Waals surface area contributed by atoms with Crippen LogP contribution in [0.25, 0.3) is 0 Å². The minimum absolute atomic E-state index is 0.00423. The van der Waals surface area contributed by atoms with Gasteiger partial charge in [-0.2, -0.15) is 0 Å². The number of nitrogens with two attached hydrogens (primary N) is 1. The molecule has 1 aliphatic heterocycles. The third kappa shape index (κ3) is 3.81. The summed E-state index contributed by atoms with van der Waals surface area (Å²) in [7, 11) is 0. The van der Waals surface area contributed by atoms with Crippen LogP contribution in [-0.4, -0.2) is 41.7 Å². The molecule has 0 atom stereocenters. The molecule has 0 aromatic carbocycles. The van der Waals surface area contributed by atoms with E-state index in [0.717, 1.165) is 0 Å². The second-order valence-corrected chi connectivity index (χ2v) is 5.49. The molecule has 21 heavy (non-hydrogen) atoms. The predicted octanol–water partition coefficient (Wildman–Crippen LogP) is 0.958. The molecule has 1 aromatic rings. The Morgan fingerprint density at radius 2 is 2.10 bits per heavy atom. The number of nitrogens with one attached hydrogen (secondary N) is 1. The van der Waals surface area contributed by atoms with E-state index >= 15 is 0 Å². The molecule has 1 fully saturated rings. The van der Waals surface area contributed by atoms with Crippen LogP contribution in [0.15, 0.2) is 12.4 Å². The van der Waals surface area contributed by atoms with Crippen LogP contribution >= 0.6 is 0 Å². The molecule has 0 bridgehead atoms. The van der Waals surface area contributed by atoms with Crippen LogP contribution < -0.4 is 15.8 Å². The van der Waals surface area contributed by atoms with E-state index < -0.39 is 5.41 Å². The molecule has 1 aromatic heterocycles. The minimum Gasteiger partial charge on any atom is -0.472 e. The Morgan fingerprint density at radius 3 is 2.71 bits per heavy atom. The fourth-order valence-corrected chi connectivity index (χ4v) is 2.28. The van der Waals surface area contributed by atoms with Crippen LogP contribution in [0, 0.1) is 5.41 Å². The summed E-state index contributed by atoms with van der Waals surface area (Å²) in [5.74, 6) is 0.644. The highest BCUT2D eigenvalue weighted by molar-refractivity contribution is 5.81. The van der Waals surface area contributed by atoms with Gasteiger partial charge in [0.2, 0.25) is 5.91 Å². The lowest BCUT2D eigenvalue weighted by Gasteiger charge is -2.34. The molecule has 2 heterocycles. The number of amides is 1. The lowest BCUT2D eigenvalue weighted by Crippen LogP contribution is -2.46. The number of ether oxygens (including phenoxy) is 2. The Morgan fingerprint density at radius 1 is 1.43 bits per heavy atom. The molecule has 0 spiro atoms. The molecule has 1 saturated heterocycles. The third-order valence-corrected chi connectivity index (χ3v) is 3.58. The van der Waals surface area contributed by atoms with Crippen molar-refractivity contribution >= 4 is 11.7 Å². The molecule has 3 N–H and O–H groups in total. The molecular formula is C14H22N4O3. The highest BCUT2D eigenvalue weighted by Crippen LogP contribution is 2.31. The van der Waals surface area contributed by atoms with E-state index in [-0.39, 0.29) is 12.0 Å². The van der Waals surface area contributed by atoms with E-state index in [1.54, 1.807) is 12.4 Å². The Kier molecular flexibility index (Phi) is 4.95. The van der Waals surface area contributed by atoms with Gasteiger partial charge < -0.3 is 20.5 Å². The van der Waals surface area contributed by atoms with Crippen molar-refractivity contribution in [3.63, 3.8) is 0 Å². The molecule has 7 nitrogen and oxygen atoms in total. The molecule has 2 rings (SSSR count). The number of aromatic nitrogens is 2. The third-order valence-electron chi connectivity index (χ3n) is 3.58. The molecular weight excluding hydrogens is 272 g/mol. The van der Waals surface area contributed by atoms with Crippen molar-refractivity contribution in [2.24, 2.45) is 11.1 Å². The number of rotatable bonds is 6. The topological polar surface area (TPSA) is 99.4 Å². The van der Waals surface area contributed by atoms with E-state index in [4.69, 9.17) is 15.2 Å². The van der Waals surface area contributed by atoms with Crippen molar-refractivity contribution in [3.05, 3.63) is 12.4 Å². The molecule has 0 radical (unpaired) electrons. The van der Waals surface area contributed by atoms with Crippen molar-refractivity contribution in [3.8, 4) is 5.88 Å². The Hall–Kier alpha value is -1.89. The first-order valence-corrected chi connectivity index (χ1v) is 7.13. The van der Waals surface area contributed by atoms with Gasteiger partial charge in [0, 0.05) is 32.2 Å². The first kappa shape index (κ1) is 15.5. The molecule has 116 valence electrons. The molecule has 1 aliphatic rings. The number of hydrogen-bond donors (Lipinski definition) is 2. The summed E-state index contributed by atoms with van der Waals surface area (Å²) < 4.78 is 10.9. The lowest BCUT2D eigenvalue weighted by molar-refractivity contribution is -0.132. The SMILES string of the molecule is CC(C)Oc1nccnc1NCC1(C(N)=O)CCOCC1. The maximum atomic E-state index is 11.8. The number of primary amides is 1. The lowest BCUT2D eigenvalue weighted by atomic mass is 9.79. The highest BCUT2D eigenvalue weighted by Gasteiger charge is 2.38. The maximum Gasteiger partial charge on any atom is 0.257 e. The van der Waals surface area contributed by atoms with E-state index in [0.29, 0.717) is 44.3 Å². The molecule has 7 heteroatoms. The summed E-state index contributed by atoms with van der Waals surface area (Å²) >= 11 is 0. The zero-order valence-electron chi connectivity index (χ0n) is 12.5. The Labute approximate surface area is 124 Å². The summed E-state index contributed by atoms with van der Waals surface area (Å²) in [6.45, 7) is 5.32. The van der Waals surface area contributed by atoms with Crippen molar-refractivity contribution in [2.45, 2.75) is 32.8 Å². The number of carbonyl (C=O) groups excluding carboxylic acids is 1. The first-order chi connectivity index (χ1) is 10.0. The Balaban J connectivity index is 2.09. The van der Waals surface area contributed by atoms with Crippen molar-refractivity contribution in [1.29, 1.82) is 0 Å². The molecule has 0 aliphatic carbocycles. The van der Waals surface area contributed by atoms with Crippen LogP contribution in [0.4, 0.5) is 5.82 Å². The summed E-state index contributed by atoms with van der Waals surface area (Å²) in [5, 5.41) is 3.16. The molecule has 0 unspecified atom stereocenters. The fraction of sp³-hybridized carbons (Fsp3) is 0.643. The van der Waals surface area contributed by atoms with Gasteiger partial charge in [0.25, 0.3) is 5.88 Å². The van der Waals surface area contributed by atoms with Gasteiger partial charge in [-0.15, -0.1) is 0 Å². The normalized spacial score (nSPS) is 17.5. The average Bonchev–Trinajstić information content (AvgIpc) is 2.46. The van der Waals surface area contributed by atoms with Crippen molar-refractivity contribution in [1.82, 2.24) is 9.97 Å². The van der Waals surface area contributed by atoms with Crippen LogP contribution in [0.1, 0.15) is 26.7 Å². The fourth-order valence-electron chi connectivity index (χ4n) is 2.28. The van der Waals surface area contributed by atoms with Crippen LogP contribution in [0.5, 0.6) is 5.88 Å². The minimum atomic E-state index is -0.606. The quantitative estimate of drug-likeness (QED) is 0.810. The molecule has 0 saturated carbocycles. The van der Waals surface area contributed by atoms with E-state index in [1.807, 2.05) is 13.8 Å². The van der Waals surface area contributed by atoms with Gasteiger partial charge in [0.15, 0.2) is 5.82 Å². The Bertz CT molecular complexity index is 487. The maximum absolute atomic E-state index is 11.8.